The van der Waals surface area contributed by atoms with Crippen LogP contribution < -0.4 is 10.1 Å². The van der Waals surface area contributed by atoms with Gasteiger partial charge >= 0.3 is 0 Å². The van der Waals surface area contributed by atoms with E-state index < -0.39 is 5.60 Å². The highest BCUT2D eigenvalue weighted by Crippen LogP contribution is 2.34. The number of hydrogen-bond acceptors (Lipinski definition) is 4. The largest absolute Gasteiger partial charge is 0.489 e. The van der Waals surface area contributed by atoms with E-state index in [1.54, 1.807) is 0 Å². The zero-order chi connectivity index (χ0) is 22.2. The Morgan fingerprint density at radius 2 is 1.32 bits per heavy atom. The smallest absolute Gasteiger partial charge is 0.287 e. The van der Waals surface area contributed by atoms with Crippen molar-refractivity contribution in [3.8, 4) is 12.0 Å². The summed E-state index contributed by atoms with van der Waals surface area (Å²) in [6.45, 7) is 6.43. The van der Waals surface area contributed by atoms with Crippen molar-refractivity contribution >= 4 is 0 Å². The van der Waals surface area contributed by atoms with Crippen LogP contribution in [0.4, 0.5) is 0 Å². The first-order valence-corrected chi connectivity index (χ1v) is 10.9. The van der Waals surface area contributed by atoms with E-state index in [9.17, 15) is 0 Å². The maximum absolute atomic E-state index is 8.75. The Labute approximate surface area is 186 Å². The fraction of sp³-hybridized carbons (Fsp3) is 0.296. The summed E-state index contributed by atoms with van der Waals surface area (Å²) < 4.78 is 10.9. The molecule has 0 spiro atoms. The Kier molecular flexibility index (Phi) is 10.7. The van der Waals surface area contributed by atoms with Crippen LogP contribution >= 0.6 is 0 Å². The van der Waals surface area contributed by atoms with Crippen LogP contribution in [0.5, 0.6) is 5.75 Å². The van der Waals surface area contributed by atoms with Gasteiger partial charge in [0, 0.05) is 12.8 Å². The van der Waals surface area contributed by atoms with Crippen molar-refractivity contribution in [2.45, 2.75) is 38.9 Å². The zero-order valence-corrected chi connectivity index (χ0v) is 18.5. The minimum atomic E-state index is -0.402. The van der Waals surface area contributed by atoms with Crippen LogP contribution in [0.2, 0.25) is 0 Å². The van der Waals surface area contributed by atoms with Crippen LogP contribution in [-0.2, 0) is 16.9 Å². The second-order valence-corrected chi connectivity index (χ2v) is 6.89. The third kappa shape index (κ3) is 7.81. The summed E-state index contributed by atoms with van der Waals surface area (Å²) >= 11 is 0. The number of nitrogens with zero attached hydrogens (tertiary/aromatic N) is 1. The molecule has 4 rings (SSSR count). The predicted octanol–water partition coefficient (Wildman–Crippen LogP) is 6.05. The molecule has 3 aromatic rings. The molecule has 3 aromatic carbocycles. The van der Waals surface area contributed by atoms with E-state index >= 15 is 0 Å². The highest BCUT2D eigenvalue weighted by atomic mass is 16.5. The lowest BCUT2D eigenvalue weighted by Gasteiger charge is -2.35. The number of ether oxygens (including phenoxy) is 2. The van der Waals surface area contributed by atoms with Gasteiger partial charge in [0.1, 0.15) is 12.4 Å². The van der Waals surface area contributed by atoms with Crippen LogP contribution in [0.25, 0.3) is 0 Å². The Bertz CT molecular complexity index is 832. The molecule has 4 heteroatoms. The normalized spacial score (nSPS) is 13.8. The van der Waals surface area contributed by atoms with Gasteiger partial charge in [-0.05, 0) is 36.3 Å². The molecule has 0 bridgehead atoms. The first-order chi connectivity index (χ1) is 15.3. The Morgan fingerprint density at radius 3 is 1.87 bits per heavy atom. The molecule has 0 unspecified atom stereocenters. The molecule has 1 saturated heterocycles. The maximum atomic E-state index is 8.75. The van der Waals surface area contributed by atoms with Gasteiger partial charge in [0.15, 0.2) is 5.60 Å². The summed E-state index contributed by atoms with van der Waals surface area (Å²) in [5, 5.41) is 12.0. The van der Waals surface area contributed by atoms with E-state index in [0.29, 0.717) is 6.61 Å². The van der Waals surface area contributed by atoms with Gasteiger partial charge in [0.05, 0.1) is 0 Å². The van der Waals surface area contributed by atoms with Crippen LogP contribution in [0.1, 0.15) is 37.8 Å². The van der Waals surface area contributed by atoms with Gasteiger partial charge in [0.2, 0.25) is 0 Å². The quantitative estimate of drug-likeness (QED) is 0.514. The van der Waals surface area contributed by atoms with Crippen LogP contribution in [0.15, 0.2) is 91.0 Å². The summed E-state index contributed by atoms with van der Waals surface area (Å²) in [6, 6.07) is 30.0. The number of hydrogen-bond donors (Lipinski definition) is 1. The second kappa shape index (κ2) is 13.8. The van der Waals surface area contributed by atoms with Gasteiger partial charge < -0.3 is 14.8 Å². The monoisotopic (exact) mass is 416 g/mol. The predicted molar refractivity (Wildman–Crippen MR) is 125 cm³/mol. The average Bonchev–Trinajstić information content (AvgIpc) is 2.87. The third-order valence-electron chi connectivity index (χ3n) is 4.94. The highest BCUT2D eigenvalue weighted by molar-refractivity contribution is 5.24. The summed E-state index contributed by atoms with van der Waals surface area (Å²) in [6.07, 6.45) is 3.55. The lowest BCUT2D eigenvalue weighted by Crippen LogP contribution is -2.41. The van der Waals surface area contributed by atoms with Crippen molar-refractivity contribution in [1.29, 1.82) is 5.26 Å². The van der Waals surface area contributed by atoms with Crippen molar-refractivity contribution < 1.29 is 9.47 Å². The number of para-hydroxylation sites is 1. The molecule has 1 N–H and O–H groups in total. The fourth-order valence-corrected chi connectivity index (χ4v) is 3.37. The maximum Gasteiger partial charge on any atom is 0.287 e. The number of nitriles is 1. The summed E-state index contributed by atoms with van der Waals surface area (Å²) in [5.74, 6) is 0.913. The van der Waals surface area contributed by atoms with Crippen molar-refractivity contribution in [2.24, 2.45) is 0 Å². The molecule has 0 atom stereocenters. The molecule has 162 valence electrons. The SMILES string of the molecule is CC.N#COC1(c2ccccc2)CCNCC1.c1ccc(COc2ccccc2)cc1. The molecule has 1 aliphatic heterocycles. The number of rotatable bonds is 5. The molecule has 31 heavy (non-hydrogen) atoms. The first-order valence-electron chi connectivity index (χ1n) is 10.9. The molecule has 0 aromatic heterocycles. The van der Waals surface area contributed by atoms with E-state index in [4.69, 9.17) is 14.7 Å². The van der Waals surface area contributed by atoms with E-state index in [1.807, 2.05) is 99.0 Å². The molecular formula is C27H32N2O2. The number of piperidine rings is 1. The molecule has 1 aliphatic rings. The fourth-order valence-electron chi connectivity index (χ4n) is 3.37. The lowest BCUT2D eigenvalue weighted by molar-refractivity contribution is 0.00176. The summed E-state index contributed by atoms with van der Waals surface area (Å²) in [7, 11) is 0. The van der Waals surface area contributed by atoms with Crippen molar-refractivity contribution in [1.82, 2.24) is 5.32 Å². The topological polar surface area (TPSA) is 54.3 Å². The van der Waals surface area contributed by atoms with Gasteiger partial charge in [-0.15, -0.1) is 0 Å². The van der Waals surface area contributed by atoms with E-state index in [0.717, 1.165) is 37.2 Å². The van der Waals surface area contributed by atoms with Gasteiger partial charge in [0.25, 0.3) is 6.26 Å². The zero-order valence-electron chi connectivity index (χ0n) is 18.5. The Morgan fingerprint density at radius 1 is 0.806 bits per heavy atom. The number of benzene rings is 3. The molecule has 0 aliphatic carbocycles. The minimum absolute atomic E-state index is 0.402. The molecule has 0 radical (unpaired) electrons. The number of nitrogens with one attached hydrogen (secondary N) is 1. The molecule has 1 heterocycles. The molecular weight excluding hydrogens is 384 g/mol. The van der Waals surface area contributed by atoms with Gasteiger partial charge in [-0.25, -0.2) is 0 Å². The van der Waals surface area contributed by atoms with Gasteiger partial charge in [-0.3, -0.25) is 0 Å². The molecule has 1 fully saturated rings. The second-order valence-electron chi connectivity index (χ2n) is 6.89. The van der Waals surface area contributed by atoms with Crippen LogP contribution in [0, 0.1) is 11.5 Å². The molecule has 0 amide bonds. The summed E-state index contributed by atoms with van der Waals surface area (Å²) in [5.41, 5.74) is 1.89. The van der Waals surface area contributed by atoms with Crippen molar-refractivity contribution in [2.75, 3.05) is 13.1 Å². The Hall–Kier alpha value is -3.29. The van der Waals surface area contributed by atoms with Crippen LogP contribution in [-0.4, -0.2) is 13.1 Å². The highest BCUT2D eigenvalue weighted by Gasteiger charge is 2.36. The van der Waals surface area contributed by atoms with Gasteiger partial charge in [-0.1, -0.05) is 92.7 Å². The van der Waals surface area contributed by atoms with Gasteiger partial charge in [-0.2, -0.15) is 5.26 Å². The van der Waals surface area contributed by atoms with Crippen molar-refractivity contribution in [3.63, 3.8) is 0 Å². The van der Waals surface area contributed by atoms with E-state index in [-0.39, 0.29) is 0 Å². The minimum Gasteiger partial charge on any atom is -0.489 e. The van der Waals surface area contributed by atoms with E-state index in [1.165, 1.54) is 5.56 Å². The molecule has 0 saturated carbocycles. The standard InChI is InChI=1S/C13H12O.C12H14N2O.C2H6/c1-3-7-12(8-4-1)11-14-13-9-5-2-6-10-13;13-10-15-12(6-8-14-9-7-12)11-4-2-1-3-5-11;1-2/h1-10H,11H2;1-5,14H,6-9H2;1-2H3. The van der Waals surface area contributed by atoms with E-state index in [2.05, 4.69) is 17.4 Å². The third-order valence-corrected chi connectivity index (χ3v) is 4.94. The van der Waals surface area contributed by atoms with Crippen molar-refractivity contribution in [3.05, 3.63) is 102 Å². The van der Waals surface area contributed by atoms with Crippen LogP contribution in [0.3, 0.4) is 0 Å². The average molecular weight is 417 g/mol. The Balaban J connectivity index is 0.000000204. The lowest BCUT2D eigenvalue weighted by atomic mass is 9.85. The summed E-state index contributed by atoms with van der Waals surface area (Å²) in [4.78, 5) is 0. The molecule has 4 nitrogen and oxygen atoms in total. The first kappa shape index (κ1) is 24.0.